The van der Waals surface area contributed by atoms with Gasteiger partial charge in [0, 0.05) is 12.8 Å². The Hall–Kier alpha value is -1.66. The van der Waals surface area contributed by atoms with Crippen LogP contribution in [0.4, 0.5) is 0 Å². The van der Waals surface area contributed by atoms with Gasteiger partial charge in [0.15, 0.2) is 0 Å². The van der Waals surface area contributed by atoms with Gasteiger partial charge in [-0.2, -0.15) is 0 Å². The number of esters is 1. The summed E-state index contributed by atoms with van der Waals surface area (Å²) in [6, 6.07) is -0.584. The minimum atomic E-state index is -0.697. The van der Waals surface area contributed by atoms with E-state index in [4.69, 9.17) is 4.74 Å². The van der Waals surface area contributed by atoms with Crippen molar-refractivity contribution in [3.63, 3.8) is 0 Å². The van der Waals surface area contributed by atoms with Gasteiger partial charge < -0.3 is 20.3 Å². The summed E-state index contributed by atoms with van der Waals surface area (Å²) in [6.45, 7) is 4.89. The molecule has 0 radical (unpaired) electrons. The molecule has 1 amide bonds. The fourth-order valence-corrected chi connectivity index (χ4v) is 8.16. The van der Waals surface area contributed by atoms with E-state index in [2.05, 4.69) is 37.4 Å². The Morgan fingerprint density at radius 2 is 0.850 bits per heavy atom. The fourth-order valence-electron chi connectivity index (χ4n) is 8.16. The first kappa shape index (κ1) is 58.3. The van der Waals surface area contributed by atoms with Crippen LogP contribution in [0.5, 0.6) is 0 Å². The zero-order valence-electron chi connectivity index (χ0n) is 40.2. The van der Waals surface area contributed by atoms with Gasteiger partial charge in [0.1, 0.15) is 0 Å². The van der Waals surface area contributed by atoms with Crippen molar-refractivity contribution in [1.29, 1.82) is 0 Å². The average molecular weight is 846 g/mol. The number of ether oxygens (including phenoxy) is 1. The van der Waals surface area contributed by atoms with Crippen molar-refractivity contribution < 1.29 is 24.5 Å². The molecule has 0 fully saturated rings. The first-order valence-electron chi connectivity index (χ1n) is 26.6. The van der Waals surface area contributed by atoms with Gasteiger partial charge in [-0.05, 0) is 44.9 Å². The first-order chi connectivity index (χ1) is 29.5. The standard InChI is InChI=1S/C54H103NO5/c1-3-5-7-9-11-13-15-17-18-19-20-24-28-32-36-40-44-48-54(59)60-49-45-41-37-33-29-25-21-23-27-31-35-39-43-47-53(58)55-51(50-56)52(57)46-42-38-34-30-26-22-16-14-12-10-8-6-4-2/h23,27,35,39,51-52,56-57H,3-22,24-26,28-34,36-38,40-50H2,1-2H3,(H,55,58)/b27-23-,39-35-. The number of carbonyl (C=O) groups is 2. The van der Waals surface area contributed by atoms with Crippen molar-refractivity contribution in [2.24, 2.45) is 0 Å². The van der Waals surface area contributed by atoms with Gasteiger partial charge in [-0.25, -0.2) is 0 Å². The smallest absolute Gasteiger partial charge is 0.305 e. The van der Waals surface area contributed by atoms with Crippen molar-refractivity contribution in [2.75, 3.05) is 13.2 Å². The Bertz CT molecular complexity index is 935. The Balaban J connectivity index is 3.51. The van der Waals surface area contributed by atoms with Crippen molar-refractivity contribution in [3.05, 3.63) is 24.3 Å². The van der Waals surface area contributed by atoms with Gasteiger partial charge >= 0.3 is 5.97 Å². The van der Waals surface area contributed by atoms with E-state index in [0.717, 1.165) is 51.4 Å². The monoisotopic (exact) mass is 846 g/mol. The molecule has 0 aliphatic carbocycles. The molecule has 60 heavy (non-hydrogen) atoms. The van der Waals surface area contributed by atoms with Crippen LogP contribution in [0.15, 0.2) is 24.3 Å². The summed E-state index contributed by atoms with van der Waals surface area (Å²) < 4.78 is 5.46. The predicted molar refractivity (Wildman–Crippen MR) is 260 cm³/mol. The number of aliphatic hydroxyl groups is 2. The second kappa shape index (κ2) is 50.0. The van der Waals surface area contributed by atoms with Crippen LogP contribution in [0, 0.1) is 0 Å². The van der Waals surface area contributed by atoms with E-state index in [1.807, 2.05) is 6.08 Å². The zero-order chi connectivity index (χ0) is 43.7. The molecule has 0 bridgehead atoms. The number of aliphatic hydroxyl groups excluding tert-OH is 2. The van der Waals surface area contributed by atoms with Crippen LogP contribution in [0.25, 0.3) is 0 Å². The SMILES string of the molecule is CCCCCCCCCCCCCCCCCCCC(=O)OCCCCCCCC/C=C\C/C=C\CCC(=O)NC(CO)C(O)CCCCCCCCCCCCCCC. The Labute approximate surface area is 373 Å². The molecule has 2 unspecified atom stereocenters. The number of carbonyl (C=O) groups excluding carboxylic acids is 2. The molecule has 6 nitrogen and oxygen atoms in total. The van der Waals surface area contributed by atoms with Crippen LogP contribution in [-0.2, 0) is 14.3 Å². The van der Waals surface area contributed by atoms with Crippen LogP contribution in [-0.4, -0.2) is 47.4 Å². The Morgan fingerprint density at radius 1 is 0.467 bits per heavy atom. The Kier molecular flexibility index (Phi) is 48.6. The fraction of sp³-hybridized carbons (Fsp3) is 0.889. The number of rotatable bonds is 49. The van der Waals surface area contributed by atoms with E-state index in [9.17, 15) is 19.8 Å². The molecule has 0 saturated heterocycles. The predicted octanol–water partition coefficient (Wildman–Crippen LogP) is 15.9. The molecule has 6 heteroatoms. The minimum absolute atomic E-state index is 0.0132. The van der Waals surface area contributed by atoms with E-state index in [0.29, 0.717) is 32.3 Å². The molecule has 0 aromatic rings. The van der Waals surface area contributed by atoms with Crippen molar-refractivity contribution in [2.45, 2.75) is 296 Å². The number of allylic oxidation sites excluding steroid dienone is 4. The van der Waals surface area contributed by atoms with Crippen LogP contribution in [0.3, 0.4) is 0 Å². The van der Waals surface area contributed by atoms with Crippen LogP contribution >= 0.6 is 0 Å². The highest BCUT2D eigenvalue weighted by Crippen LogP contribution is 2.16. The lowest BCUT2D eigenvalue weighted by Crippen LogP contribution is -2.45. The lowest BCUT2D eigenvalue weighted by Gasteiger charge is -2.22. The molecular formula is C54H103NO5. The van der Waals surface area contributed by atoms with E-state index < -0.39 is 12.1 Å². The summed E-state index contributed by atoms with van der Waals surface area (Å²) >= 11 is 0. The summed E-state index contributed by atoms with van der Waals surface area (Å²) in [5.74, 6) is -0.128. The molecule has 0 spiro atoms. The summed E-state index contributed by atoms with van der Waals surface area (Å²) in [6.07, 6.45) is 58.8. The number of unbranched alkanes of at least 4 members (excludes halogenated alkanes) is 34. The quantitative estimate of drug-likeness (QED) is 0.0322. The van der Waals surface area contributed by atoms with Crippen molar-refractivity contribution in [3.8, 4) is 0 Å². The lowest BCUT2D eigenvalue weighted by atomic mass is 10.0. The largest absolute Gasteiger partial charge is 0.466 e. The first-order valence-corrected chi connectivity index (χ1v) is 26.6. The van der Waals surface area contributed by atoms with E-state index >= 15 is 0 Å². The van der Waals surface area contributed by atoms with Crippen LogP contribution < -0.4 is 5.32 Å². The molecule has 2 atom stereocenters. The summed E-state index contributed by atoms with van der Waals surface area (Å²) in [7, 11) is 0. The molecular weight excluding hydrogens is 743 g/mol. The third-order valence-corrected chi connectivity index (χ3v) is 12.3. The maximum Gasteiger partial charge on any atom is 0.305 e. The third kappa shape index (κ3) is 45.9. The maximum atomic E-state index is 12.4. The topological polar surface area (TPSA) is 95.9 Å². The number of amides is 1. The highest BCUT2D eigenvalue weighted by molar-refractivity contribution is 5.76. The number of hydrogen-bond acceptors (Lipinski definition) is 5. The highest BCUT2D eigenvalue weighted by atomic mass is 16.5. The van der Waals surface area contributed by atoms with Gasteiger partial charge in [0.25, 0.3) is 0 Å². The summed E-state index contributed by atoms with van der Waals surface area (Å²) in [5.41, 5.74) is 0. The average Bonchev–Trinajstić information content (AvgIpc) is 3.25. The van der Waals surface area contributed by atoms with E-state index in [-0.39, 0.29) is 18.5 Å². The molecule has 0 aromatic carbocycles. The van der Waals surface area contributed by atoms with Gasteiger partial charge in [0.05, 0.1) is 25.4 Å². The zero-order valence-corrected chi connectivity index (χ0v) is 40.2. The van der Waals surface area contributed by atoms with Crippen LogP contribution in [0.2, 0.25) is 0 Å². The molecule has 354 valence electrons. The minimum Gasteiger partial charge on any atom is -0.466 e. The second-order valence-electron chi connectivity index (χ2n) is 18.2. The number of nitrogens with one attached hydrogen (secondary N) is 1. The van der Waals surface area contributed by atoms with Gasteiger partial charge in [-0.1, -0.05) is 250 Å². The second-order valence-corrected chi connectivity index (χ2v) is 18.2. The molecule has 0 rings (SSSR count). The summed E-state index contributed by atoms with van der Waals surface area (Å²) in [5, 5.41) is 23.1. The molecule has 0 saturated carbocycles. The lowest BCUT2D eigenvalue weighted by molar-refractivity contribution is -0.143. The van der Waals surface area contributed by atoms with Gasteiger partial charge in [0.2, 0.25) is 5.91 Å². The molecule has 0 aliphatic heterocycles. The highest BCUT2D eigenvalue weighted by Gasteiger charge is 2.19. The number of hydrogen-bond donors (Lipinski definition) is 3. The Morgan fingerprint density at radius 3 is 1.30 bits per heavy atom. The maximum absolute atomic E-state index is 12.4. The van der Waals surface area contributed by atoms with Gasteiger partial charge in [-0.15, -0.1) is 0 Å². The van der Waals surface area contributed by atoms with E-state index in [1.54, 1.807) is 0 Å². The molecule has 0 aliphatic rings. The van der Waals surface area contributed by atoms with Crippen molar-refractivity contribution >= 4 is 11.9 Å². The van der Waals surface area contributed by atoms with Crippen LogP contribution in [0.1, 0.15) is 284 Å². The molecule has 3 N–H and O–H groups in total. The van der Waals surface area contributed by atoms with Gasteiger partial charge in [-0.3, -0.25) is 9.59 Å². The van der Waals surface area contributed by atoms with Crippen molar-refractivity contribution in [1.82, 2.24) is 5.32 Å². The molecule has 0 aromatic heterocycles. The normalized spacial score (nSPS) is 12.8. The molecule has 0 heterocycles. The third-order valence-electron chi connectivity index (χ3n) is 12.3. The van der Waals surface area contributed by atoms with E-state index in [1.165, 1.54) is 193 Å². The summed E-state index contributed by atoms with van der Waals surface area (Å²) in [4.78, 5) is 24.4.